The molecule has 3 aromatic heterocycles. The van der Waals surface area contributed by atoms with Crippen LogP contribution in [-0.2, 0) is 11.2 Å². The molecule has 0 aromatic carbocycles. The van der Waals surface area contributed by atoms with Crippen molar-refractivity contribution in [3.8, 4) is 0 Å². The fourth-order valence-electron chi connectivity index (χ4n) is 3.98. The molecule has 2 N–H and O–H groups in total. The Morgan fingerprint density at radius 1 is 1.24 bits per heavy atom. The lowest BCUT2D eigenvalue weighted by Crippen LogP contribution is -2.52. The van der Waals surface area contributed by atoms with Gasteiger partial charge in [0, 0.05) is 56.3 Å². The highest BCUT2D eigenvalue weighted by Crippen LogP contribution is 2.40. The molecule has 4 rings (SSSR count). The standard InChI is InChI=1S/C24H25F2N5O2/c1-16(31-11-9-24(25,26)20(15-31)18-6-8-22(32)29-14-18)23(33)30-21-7-5-17(13-28-21)12-19-4-2-3-10-27-19/h2-8,10,13-14,16,20H,9,11-12,15H2,1H3,(H,29,32)(H,28,30,33). The molecule has 0 spiro atoms. The molecule has 4 heterocycles. The zero-order chi connectivity index (χ0) is 23.4. The van der Waals surface area contributed by atoms with Crippen molar-refractivity contribution in [1.82, 2.24) is 19.9 Å². The average molecular weight is 453 g/mol. The largest absolute Gasteiger partial charge is 0.329 e. The van der Waals surface area contributed by atoms with Gasteiger partial charge in [-0.3, -0.25) is 19.5 Å². The second kappa shape index (κ2) is 9.58. The van der Waals surface area contributed by atoms with Gasteiger partial charge in [-0.1, -0.05) is 18.2 Å². The van der Waals surface area contributed by atoms with Crippen LogP contribution in [0.1, 0.15) is 36.1 Å². The molecule has 1 saturated heterocycles. The number of piperidine rings is 1. The van der Waals surface area contributed by atoms with Crippen molar-refractivity contribution < 1.29 is 13.6 Å². The number of H-pyrrole nitrogens is 1. The minimum absolute atomic E-state index is 0.00404. The van der Waals surface area contributed by atoms with E-state index >= 15 is 0 Å². The number of amides is 1. The fourth-order valence-corrected chi connectivity index (χ4v) is 3.98. The molecule has 0 bridgehead atoms. The molecule has 1 fully saturated rings. The second-order valence-corrected chi connectivity index (χ2v) is 8.26. The third kappa shape index (κ3) is 5.48. The normalized spacial score (nSPS) is 19.1. The first-order chi connectivity index (χ1) is 15.8. The van der Waals surface area contributed by atoms with Crippen LogP contribution in [0.5, 0.6) is 0 Å². The molecule has 1 amide bonds. The first-order valence-electron chi connectivity index (χ1n) is 10.8. The Hall–Kier alpha value is -3.46. The monoisotopic (exact) mass is 453 g/mol. The van der Waals surface area contributed by atoms with Crippen LogP contribution in [0, 0.1) is 0 Å². The Labute approximate surface area is 189 Å². The Morgan fingerprint density at radius 3 is 2.76 bits per heavy atom. The molecule has 0 radical (unpaired) electrons. The maximum atomic E-state index is 14.6. The van der Waals surface area contributed by atoms with E-state index in [2.05, 4.69) is 20.3 Å². The lowest BCUT2D eigenvalue weighted by molar-refractivity contribution is -0.125. The summed E-state index contributed by atoms with van der Waals surface area (Å²) < 4.78 is 29.2. The van der Waals surface area contributed by atoms with Crippen molar-refractivity contribution in [2.24, 2.45) is 0 Å². The van der Waals surface area contributed by atoms with E-state index in [-0.39, 0.29) is 31.0 Å². The van der Waals surface area contributed by atoms with Gasteiger partial charge in [0.05, 0.1) is 12.0 Å². The van der Waals surface area contributed by atoms with Crippen LogP contribution in [0.3, 0.4) is 0 Å². The number of anilines is 1. The lowest BCUT2D eigenvalue weighted by atomic mass is 9.87. The highest BCUT2D eigenvalue weighted by atomic mass is 19.3. The summed E-state index contributed by atoms with van der Waals surface area (Å²) in [6.07, 6.45) is 5.01. The number of pyridine rings is 3. The molecule has 2 atom stereocenters. The van der Waals surface area contributed by atoms with E-state index in [0.29, 0.717) is 17.8 Å². The van der Waals surface area contributed by atoms with Crippen molar-refractivity contribution in [2.45, 2.75) is 37.6 Å². The molecule has 7 nitrogen and oxygen atoms in total. The quantitative estimate of drug-likeness (QED) is 0.598. The number of aromatic nitrogens is 3. The van der Waals surface area contributed by atoms with Crippen molar-refractivity contribution in [3.05, 3.63) is 88.2 Å². The van der Waals surface area contributed by atoms with Gasteiger partial charge in [-0.05, 0) is 36.2 Å². The number of aromatic amines is 1. The minimum Gasteiger partial charge on any atom is -0.329 e. The van der Waals surface area contributed by atoms with Gasteiger partial charge in [-0.15, -0.1) is 0 Å². The van der Waals surface area contributed by atoms with Crippen molar-refractivity contribution in [3.63, 3.8) is 0 Å². The van der Waals surface area contributed by atoms with Crippen molar-refractivity contribution in [1.29, 1.82) is 0 Å². The zero-order valence-corrected chi connectivity index (χ0v) is 18.2. The van der Waals surface area contributed by atoms with E-state index in [1.165, 1.54) is 18.3 Å². The molecular formula is C24H25F2N5O2. The lowest BCUT2D eigenvalue weighted by Gasteiger charge is -2.40. The summed E-state index contributed by atoms with van der Waals surface area (Å²) in [6.45, 7) is 1.79. The summed E-state index contributed by atoms with van der Waals surface area (Å²) in [5.41, 5.74) is 1.88. The highest BCUT2D eigenvalue weighted by molar-refractivity contribution is 5.93. The topological polar surface area (TPSA) is 91.0 Å². The van der Waals surface area contributed by atoms with Crippen LogP contribution in [0.15, 0.2) is 65.8 Å². The summed E-state index contributed by atoms with van der Waals surface area (Å²) in [5, 5.41) is 2.77. The summed E-state index contributed by atoms with van der Waals surface area (Å²) >= 11 is 0. The van der Waals surface area contributed by atoms with Gasteiger partial charge in [0.1, 0.15) is 5.82 Å². The zero-order valence-electron chi connectivity index (χ0n) is 18.2. The van der Waals surface area contributed by atoms with Crippen molar-refractivity contribution >= 4 is 11.7 Å². The molecule has 0 aliphatic carbocycles. The Morgan fingerprint density at radius 2 is 2.09 bits per heavy atom. The van der Waals surface area contributed by atoms with E-state index in [9.17, 15) is 18.4 Å². The average Bonchev–Trinajstić information content (AvgIpc) is 2.81. The molecule has 9 heteroatoms. The number of halogens is 2. The van der Waals surface area contributed by atoms with Gasteiger partial charge in [-0.25, -0.2) is 13.8 Å². The number of hydrogen-bond acceptors (Lipinski definition) is 5. The number of nitrogens with zero attached hydrogens (tertiary/aromatic N) is 3. The van der Waals surface area contributed by atoms with Crippen molar-refractivity contribution in [2.75, 3.05) is 18.4 Å². The predicted octanol–water partition coefficient (Wildman–Crippen LogP) is 3.21. The van der Waals surface area contributed by atoms with E-state index < -0.39 is 17.9 Å². The van der Waals surface area contributed by atoms with E-state index in [1.807, 2.05) is 24.3 Å². The van der Waals surface area contributed by atoms with Gasteiger partial charge >= 0.3 is 0 Å². The smallest absolute Gasteiger partial charge is 0.257 e. The highest BCUT2D eigenvalue weighted by Gasteiger charge is 2.46. The van der Waals surface area contributed by atoms with Gasteiger partial charge in [0.25, 0.3) is 5.92 Å². The fraction of sp³-hybridized carbons (Fsp3) is 0.333. The molecule has 172 valence electrons. The second-order valence-electron chi connectivity index (χ2n) is 8.26. The molecule has 0 saturated carbocycles. The molecule has 2 unspecified atom stereocenters. The number of nitrogens with one attached hydrogen (secondary N) is 2. The summed E-state index contributed by atoms with van der Waals surface area (Å²) in [4.78, 5) is 36.9. The molecular weight excluding hydrogens is 428 g/mol. The minimum atomic E-state index is -2.92. The van der Waals surface area contributed by atoms with E-state index in [4.69, 9.17) is 0 Å². The van der Waals surface area contributed by atoms with E-state index in [1.54, 1.807) is 30.3 Å². The Kier molecular flexibility index (Phi) is 6.60. The third-order valence-corrected chi connectivity index (χ3v) is 5.98. The van der Waals surface area contributed by atoms with Gasteiger partial charge < -0.3 is 10.3 Å². The van der Waals surface area contributed by atoms with Crippen LogP contribution in [0.25, 0.3) is 0 Å². The Balaban J connectivity index is 1.39. The summed E-state index contributed by atoms with van der Waals surface area (Å²) in [5.74, 6) is -3.94. The summed E-state index contributed by atoms with van der Waals surface area (Å²) in [7, 11) is 0. The number of carbonyl (C=O) groups is 1. The third-order valence-electron chi connectivity index (χ3n) is 5.98. The maximum Gasteiger partial charge on any atom is 0.257 e. The van der Waals surface area contributed by atoms with Gasteiger partial charge in [0.15, 0.2) is 0 Å². The number of carbonyl (C=O) groups excluding carboxylic acids is 1. The van der Waals surface area contributed by atoms with Crippen LogP contribution in [0.2, 0.25) is 0 Å². The summed E-state index contributed by atoms with van der Waals surface area (Å²) in [6, 6.07) is 11.3. The Bertz CT molecular complexity index is 1130. The molecule has 3 aromatic rings. The van der Waals surface area contributed by atoms with Crippen LogP contribution in [0.4, 0.5) is 14.6 Å². The molecule has 33 heavy (non-hydrogen) atoms. The van der Waals surface area contributed by atoms with Gasteiger partial charge in [0.2, 0.25) is 11.5 Å². The first kappa shape index (κ1) is 22.7. The van der Waals surface area contributed by atoms with E-state index in [0.717, 1.165) is 11.3 Å². The number of alkyl halides is 2. The molecule has 1 aliphatic heterocycles. The number of likely N-dealkylation sites (tertiary alicyclic amines) is 1. The number of hydrogen-bond donors (Lipinski definition) is 2. The maximum absolute atomic E-state index is 14.6. The van der Waals surface area contributed by atoms with Crippen LogP contribution >= 0.6 is 0 Å². The number of rotatable bonds is 6. The SMILES string of the molecule is CC(C(=O)Nc1ccc(Cc2ccccn2)cn1)N1CCC(F)(F)C(c2ccc(=O)[nH]c2)C1. The molecule has 1 aliphatic rings. The predicted molar refractivity (Wildman–Crippen MR) is 120 cm³/mol. The van der Waals surface area contributed by atoms with Gasteiger partial charge in [-0.2, -0.15) is 0 Å². The van der Waals surface area contributed by atoms with Crippen LogP contribution in [-0.4, -0.2) is 50.8 Å². The first-order valence-corrected chi connectivity index (χ1v) is 10.8. The van der Waals surface area contributed by atoms with Crippen LogP contribution < -0.4 is 10.9 Å².